The van der Waals surface area contributed by atoms with Crippen LogP contribution in [-0.2, 0) is 9.53 Å². The molecule has 6 unspecified atom stereocenters. The highest BCUT2D eigenvalue weighted by atomic mass is 16.5. The highest BCUT2D eigenvalue weighted by Gasteiger charge is 2.52. The number of fused-ring (bicyclic) bond motifs is 1. The molecule has 4 nitrogen and oxygen atoms in total. The smallest absolute Gasteiger partial charge is 0.309 e. The van der Waals surface area contributed by atoms with E-state index in [-0.39, 0.29) is 23.5 Å². The molecule has 26 heavy (non-hydrogen) atoms. The van der Waals surface area contributed by atoms with Crippen LogP contribution >= 0.6 is 0 Å². The third-order valence-electron chi connectivity index (χ3n) is 6.70. The monoisotopic (exact) mass is 368 g/mol. The molecule has 0 bridgehead atoms. The van der Waals surface area contributed by atoms with Crippen molar-refractivity contribution in [2.45, 2.75) is 110 Å². The third kappa shape index (κ3) is 5.45. The first-order chi connectivity index (χ1) is 12.3. The average molecular weight is 369 g/mol. The number of aliphatic hydroxyl groups excluding tert-OH is 1. The summed E-state index contributed by atoms with van der Waals surface area (Å²) in [5.74, 6) is -0.504. The van der Waals surface area contributed by atoms with Gasteiger partial charge in [-0.15, -0.1) is 0 Å². The lowest BCUT2D eigenvalue weighted by Gasteiger charge is -2.51. The molecule has 0 amide bonds. The zero-order valence-corrected chi connectivity index (χ0v) is 17.2. The first kappa shape index (κ1) is 21.7. The lowest BCUT2D eigenvalue weighted by molar-refractivity contribution is -0.218. The molecule has 2 aliphatic rings. The third-order valence-corrected chi connectivity index (χ3v) is 6.70. The molecule has 0 aromatic heterocycles. The van der Waals surface area contributed by atoms with Gasteiger partial charge in [0.25, 0.3) is 0 Å². The molecule has 0 radical (unpaired) electrons. The number of rotatable bonds is 9. The summed E-state index contributed by atoms with van der Waals surface area (Å²) < 4.78 is 6.50. The molecule has 1 saturated heterocycles. The van der Waals surface area contributed by atoms with Gasteiger partial charge in [-0.3, -0.25) is 4.79 Å². The van der Waals surface area contributed by atoms with Crippen molar-refractivity contribution in [1.29, 1.82) is 0 Å². The molecule has 2 fully saturated rings. The van der Waals surface area contributed by atoms with Crippen molar-refractivity contribution in [3.63, 3.8) is 0 Å². The van der Waals surface area contributed by atoms with Crippen LogP contribution in [0.25, 0.3) is 0 Å². The number of unbranched alkanes of at least 4 members (excludes halogenated alkanes) is 2. The Morgan fingerprint density at radius 1 is 1.27 bits per heavy atom. The Bertz CT molecular complexity index is 445. The van der Waals surface area contributed by atoms with Gasteiger partial charge in [-0.1, -0.05) is 52.9 Å². The normalized spacial score (nSPS) is 37.5. The highest BCUT2D eigenvalue weighted by Crippen LogP contribution is 2.47. The van der Waals surface area contributed by atoms with Crippen LogP contribution in [0.1, 0.15) is 91.9 Å². The van der Waals surface area contributed by atoms with Crippen molar-refractivity contribution in [2.24, 2.45) is 23.7 Å². The number of carboxylic acid groups (broad SMARTS) is 1. The number of ether oxygens (including phenoxy) is 1. The predicted molar refractivity (Wildman–Crippen MR) is 104 cm³/mol. The summed E-state index contributed by atoms with van der Waals surface area (Å²) in [6.07, 6.45) is 9.15. The van der Waals surface area contributed by atoms with Crippen molar-refractivity contribution in [1.82, 2.24) is 0 Å². The number of hydrogen-bond donors (Lipinski definition) is 2. The Morgan fingerprint density at radius 2 is 2.00 bits per heavy atom. The van der Waals surface area contributed by atoms with Gasteiger partial charge in [-0.25, -0.2) is 0 Å². The summed E-state index contributed by atoms with van der Waals surface area (Å²) in [5.41, 5.74) is -0.241. The molecule has 1 heterocycles. The van der Waals surface area contributed by atoms with E-state index in [9.17, 15) is 15.0 Å². The van der Waals surface area contributed by atoms with Crippen LogP contribution in [0.4, 0.5) is 0 Å². The Kier molecular flexibility index (Phi) is 7.96. The summed E-state index contributed by atoms with van der Waals surface area (Å²) in [4.78, 5) is 12.1. The maximum Gasteiger partial charge on any atom is 0.309 e. The lowest BCUT2D eigenvalue weighted by atomic mass is 9.65. The zero-order valence-electron chi connectivity index (χ0n) is 17.2. The minimum atomic E-state index is -0.736. The largest absolute Gasteiger partial charge is 0.481 e. The standard InChI is InChI=1S/C22H40O4/c1-5-6-7-10-16-14-18(23)17-11-13-22(4,12-8-9-15(2)3)26-20(17)19(16)21(24)25/h15-20,23H,5-14H2,1-4H3,(H,24,25). The van der Waals surface area contributed by atoms with Crippen molar-refractivity contribution in [3.8, 4) is 0 Å². The number of aliphatic hydroxyl groups is 1. The maximum atomic E-state index is 12.1. The fourth-order valence-corrected chi connectivity index (χ4v) is 5.13. The molecular weight excluding hydrogens is 328 g/mol. The minimum Gasteiger partial charge on any atom is -0.481 e. The Morgan fingerprint density at radius 3 is 2.62 bits per heavy atom. The summed E-state index contributed by atoms with van der Waals surface area (Å²) in [6.45, 7) is 8.78. The van der Waals surface area contributed by atoms with Crippen LogP contribution in [0.5, 0.6) is 0 Å². The van der Waals surface area contributed by atoms with Gasteiger partial charge in [0.15, 0.2) is 0 Å². The zero-order chi connectivity index (χ0) is 19.3. The van der Waals surface area contributed by atoms with Crippen molar-refractivity contribution < 1.29 is 19.7 Å². The second-order valence-corrected chi connectivity index (χ2v) is 9.44. The van der Waals surface area contributed by atoms with E-state index >= 15 is 0 Å². The van der Waals surface area contributed by atoms with Gasteiger partial charge in [0, 0.05) is 5.92 Å². The summed E-state index contributed by atoms with van der Waals surface area (Å²) in [7, 11) is 0. The van der Waals surface area contributed by atoms with Crippen LogP contribution in [0.3, 0.4) is 0 Å². The van der Waals surface area contributed by atoms with E-state index in [0.717, 1.165) is 51.4 Å². The van der Waals surface area contributed by atoms with Crippen molar-refractivity contribution in [2.75, 3.05) is 0 Å². The van der Waals surface area contributed by atoms with E-state index in [1.54, 1.807) is 0 Å². The molecule has 152 valence electrons. The Hall–Kier alpha value is -0.610. The SMILES string of the molecule is CCCCCC1CC(O)C2CCC(C)(CCCC(C)C)OC2C1C(=O)O. The van der Waals surface area contributed by atoms with Gasteiger partial charge in [0.2, 0.25) is 0 Å². The van der Waals surface area contributed by atoms with Crippen molar-refractivity contribution in [3.05, 3.63) is 0 Å². The molecule has 0 aromatic carbocycles. The van der Waals surface area contributed by atoms with Crippen molar-refractivity contribution >= 4 is 5.97 Å². The number of carboxylic acids is 1. The van der Waals surface area contributed by atoms with Crippen LogP contribution in [0, 0.1) is 23.7 Å². The number of carbonyl (C=O) groups is 1. The molecule has 1 aliphatic carbocycles. The average Bonchev–Trinajstić information content (AvgIpc) is 2.54. The second kappa shape index (κ2) is 9.54. The van der Waals surface area contributed by atoms with Gasteiger partial charge in [0.1, 0.15) is 0 Å². The topological polar surface area (TPSA) is 66.8 Å². The Balaban J connectivity index is 2.09. The van der Waals surface area contributed by atoms with E-state index in [4.69, 9.17) is 4.74 Å². The molecular formula is C22H40O4. The molecule has 4 heteroatoms. The quantitative estimate of drug-likeness (QED) is 0.560. The van der Waals surface area contributed by atoms with E-state index in [1.807, 2.05) is 0 Å². The molecule has 1 saturated carbocycles. The van der Waals surface area contributed by atoms with E-state index in [0.29, 0.717) is 12.3 Å². The number of hydrogen-bond acceptors (Lipinski definition) is 3. The summed E-state index contributed by atoms with van der Waals surface area (Å²) >= 11 is 0. The minimum absolute atomic E-state index is 0.0169. The molecule has 0 spiro atoms. The van der Waals surface area contributed by atoms with Gasteiger partial charge in [0.05, 0.1) is 23.7 Å². The number of aliphatic carboxylic acids is 1. The van der Waals surface area contributed by atoms with Gasteiger partial charge in [-0.2, -0.15) is 0 Å². The molecule has 2 rings (SSSR count). The maximum absolute atomic E-state index is 12.1. The summed E-state index contributed by atoms with van der Waals surface area (Å²) in [6, 6.07) is 0. The van der Waals surface area contributed by atoms with Gasteiger partial charge >= 0.3 is 5.97 Å². The Labute approximate surface area is 159 Å². The van der Waals surface area contributed by atoms with Gasteiger partial charge in [-0.05, 0) is 50.9 Å². The fourth-order valence-electron chi connectivity index (χ4n) is 5.13. The second-order valence-electron chi connectivity index (χ2n) is 9.44. The lowest BCUT2D eigenvalue weighted by Crippen LogP contribution is -2.57. The van der Waals surface area contributed by atoms with E-state index in [2.05, 4.69) is 27.7 Å². The molecule has 1 aliphatic heterocycles. The van der Waals surface area contributed by atoms with Gasteiger partial charge < -0.3 is 14.9 Å². The van der Waals surface area contributed by atoms with Crippen LogP contribution in [0.2, 0.25) is 0 Å². The first-order valence-electron chi connectivity index (χ1n) is 10.9. The van der Waals surface area contributed by atoms with E-state index in [1.165, 1.54) is 6.42 Å². The van der Waals surface area contributed by atoms with Crippen LogP contribution in [-0.4, -0.2) is 34.0 Å². The molecule has 2 N–H and O–H groups in total. The first-order valence-corrected chi connectivity index (χ1v) is 10.9. The van der Waals surface area contributed by atoms with Crippen LogP contribution in [0.15, 0.2) is 0 Å². The fraction of sp³-hybridized carbons (Fsp3) is 0.955. The highest BCUT2D eigenvalue weighted by molar-refractivity contribution is 5.71. The predicted octanol–water partition coefficient (Wildman–Crippen LogP) is 5.03. The summed E-state index contributed by atoms with van der Waals surface area (Å²) in [5, 5.41) is 20.6. The molecule has 0 aromatic rings. The molecule has 6 atom stereocenters. The van der Waals surface area contributed by atoms with Crippen LogP contribution < -0.4 is 0 Å². The van der Waals surface area contributed by atoms with E-state index < -0.39 is 18.0 Å².